The van der Waals surface area contributed by atoms with Crippen molar-refractivity contribution in [1.82, 2.24) is 5.32 Å². The van der Waals surface area contributed by atoms with Crippen LogP contribution < -0.4 is 5.32 Å². The number of rotatable bonds is 7. The van der Waals surface area contributed by atoms with Crippen LogP contribution in [0.25, 0.3) is 0 Å². The van der Waals surface area contributed by atoms with E-state index in [1.807, 2.05) is 25.1 Å². The topological polar surface area (TPSA) is 52.5 Å². The molecule has 0 aliphatic carbocycles. The van der Waals surface area contributed by atoms with Crippen LogP contribution >= 0.6 is 0 Å². The van der Waals surface area contributed by atoms with Crippen LogP contribution in [0.1, 0.15) is 45.2 Å². The van der Waals surface area contributed by atoms with Crippen LogP contribution in [-0.2, 0) is 0 Å². The standard InChI is InChI=1S/C15H25NO2/c1-4-15(5-2,11-17)10-16-12(3)13-8-6-7-9-14(13)18/h6-9,12,16-18H,4-5,10-11H2,1-3H3. The maximum absolute atomic E-state index is 9.79. The molecule has 0 aliphatic rings. The average Bonchev–Trinajstić information content (AvgIpc) is 2.41. The lowest BCUT2D eigenvalue weighted by Gasteiger charge is -2.31. The Morgan fingerprint density at radius 2 is 1.83 bits per heavy atom. The van der Waals surface area contributed by atoms with Crippen molar-refractivity contribution in [3.05, 3.63) is 29.8 Å². The van der Waals surface area contributed by atoms with Gasteiger partial charge in [0.05, 0.1) is 0 Å². The predicted octanol–water partition coefficient (Wildman–Crippen LogP) is 2.84. The fourth-order valence-electron chi connectivity index (χ4n) is 2.11. The third-order valence-electron chi connectivity index (χ3n) is 4.02. The predicted molar refractivity (Wildman–Crippen MR) is 74.6 cm³/mol. The fourth-order valence-corrected chi connectivity index (χ4v) is 2.11. The van der Waals surface area contributed by atoms with E-state index >= 15 is 0 Å². The number of nitrogens with one attached hydrogen (secondary N) is 1. The molecule has 0 aromatic heterocycles. The molecule has 1 atom stereocenters. The minimum atomic E-state index is -0.0569. The van der Waals surface area contributed by atoms with Gasteiger partial charge in [0.1, 0.15) is 5.75 Å². The number of aromatic hydroxyl groups is 1. The maximum atomic E-state index is 9.79. The van der Waals surface area contributed by atoms with Crippen LogP contribution in [0.3, 0.4) is 0 Å². The van der Waals surface area contributed by atoms with Crippen molar-refractivity contribution in [3.63, 3.8) is 0 Å². The van der Waals surface area contributed by atoms with Crippen molar-refractivity contribution in [3.8, 4) is 5.75 Å². The zero-order chi connectivity index (χ0) is 13.6. The Balaban J connectivity index is 2.66. The Bertz CT molecular complexity index is 353. The first-order valence-corrected chi connectivity index (χ1v) is 6.70. The van der Waals surface area contributed by atoms with E-state index in [1.54, 1.807) is 6.07 Å². The molecular formula is C15H25NO2. The second-order valence-corrected chi connectivity index (χ2v) is 5.03. The molecule has 1 aromatic carbocycles. The van der Waals surface area contributed by atoms with Crippen molar-refractivity contribution in [2.75, 3.05) is 13.2 Å². The van der Waals surface area contributed by atoms with E-state index in [2.05, 4.69) is 19.2 Å². The Morgan fingerprint density at radius 3 is 2.33 bits per heavy atom. The third kappa shape index (κ3) is 3.47. The highest BCUT2D eigenvalue weighted by Crippen LogP contribution is 2.27. The molecule has 1 aromatic rings. The smallest absolute Gasteiger partial charge is 0.120 e. The number of phenols is 1. The van der Waals surface area contributed by atoms with E-state index in [-0.39, 0.29) is 18.1 Å². The number of hydrogen-bond donors (Lipinski definition) is 3. The monoisotopic (exact) mass is 251 g/mol. The van der Waals surface area contributed by atoms with Crippen LogP contribution in [0.15, 0.2) is 24.3 Å². The van der Waals surface area contributed by atoms with Gasteiger partial charge in [-0.15, -0.1) is 0 Å². The quantitative estimate of drug-likeness (QED) is 0.698. The van der Waals surface area contributed by atoms with Gasteiger partial charge in [0.2, 0.25) is 0 Å². The van der Waals surface area contributed by atoms with Crippen molar-refractivity contribution in [2.45, 2.75) is 39.7 Å². The number of phenolic OH excluding ortho intramolecular Hbond substituents is 1. The van der Waals surface area contributed by atoms with Crippen molar-refractivity contribution < 1.29 is 10.2 Å². The minimum absolute atomic E-state index is 0.0569. The Morgan fingerprint density at radius 1 is 1.22 bits per heavy atom. The van der Waals surface area contributed by atoms with E-state index < -0.39 is 0 Å². The molecule has 3 heteroatoms. The van der Waals surface area contributed by atoms with Gasteiger partial charge in [-0.3, -0.25) is 0 Å². The summed E-state index contributed by atoms with van der Waals surface area (Å²) < 4.78 is 0. The molecule has 0 bridgehead atoms. The summed E-state index contributed by atoms with van der Waals surface area (Å²) in [5.74, 6) is 0.320. The van der Waals surface area contributed by atoms with Crippen molar-refractivity contribution in [1.29, 1.82) is 0 Å². The van der Waals surface area contributed by atoms with Crippen LogP contribution in [-0.4, -0.2) is 23.4 Å². The summed E-state index contributed by atoms with van der Waals surface area (Å²) in [5.41, 5.74) is 0.843. The lowest BCUT2D eigenvalue weighted by atomic mass is 9.83. The van der Waals surface area contributed by atoms with Gasteiger partial charge in [-0.25, -0.2) is 0 Å². The fraction of sp³-hybridized carbons (Fsp3) is 0.600. The highest BCUT2D eigenvalue weighted by Gasteiger charge is 2.25. The molecule has 18 heavy (non-hydrogen) atoms. The van der Waals surface area contributed by atoms with Gasteiger partial charge >= 0.3 is 0 Å². The number of hydrogen-bond acceptors (Lipinski definition) is 3. The highest BCUT2D eigenvalue weighted by molar-refractivity contribution is 5.34. The van der Waals surface area contributed by atoms with Crippen molar-refractivity contribution >= 4 is 0 Å². The van der Waals surface area contributed by atoms with Crippen LogP contribution in [0.2, 0.25) is 0 Å². The summed E-state index contributed by atoms with van der Waals surface area (Å²) in [6.07, 6.45) is 1.89. The summed E-state index contributed by atoms with van der Waals surface area (Å²) in [6.45, 7) is 7.19. The molecule has 0 fully saturated rings. The molecule has 0 aliphatic heterocycles. The highest BCUT2D eigenvalue weighted by atomic mass is 16.3. The lowest BCUT2D eigenvalue weighted by Crippen LogP contribution is -2.37. The van der Waals surface area contributed by atoms with Crippen LogP contribution in [0.5, 0.6) is 5.75 Å². The first kappa shape index (κ1) is 15.0. The van der Waals surface area contributed by atoms with Gasteiger partial charge in [0.15, 0.2) is 0 Å². The molecule has 3 N–H and O–H groups in total. The molecule has 0 radical (unpaired) electrons. The van der Waals surface area contributed by atoms with Gasteiger partial charge in [-0.2, -0.15) is 0 Å². The number of benzene rings is 1. The van der Waals surface area contributed by atoms with E-state index in [9.17, 15) is 10.2 Å². The van der Waals surface area contributed by atoms with E-state index in [4.69, 9.17) is 0 Å². The summed E-state index contributed by atoms with van der Waals surface area (Å²) in [6, 6.07) is 7.45. The van der Waals surface area contributed by atoms with Gasteiger partial charge in [0, 0.05) is 30.2 Å². The molecule has 1 rings (SSSR count). The molecule has 1 unspecified atom stereocenters. The molecule has 0 spiro atoms. The molecule has 3 nitrogen and oxygen atoms in total. The zero-order valence-electron chi connectivity index (χ0n) is 11.6. The second-order valence-electron chi connectivity index (χ2n) is 5.03. The molecule has 0 heterocycles. The summed E-state index contributed by atoms with van der Waals surface area (Å²) in [5, 5.41) is 22.7. The Labute approximate surface area is 110 Å². The largest absolute Gasteiger partial charge is 0.508 e. The van der Waals surface area contributed by atoms with E-state index in [0.717, 1.165) is 24.9 Å². The first-order chi connectivity index (χ1) is 8.58. The first-order valence-electron chi connectivity index (χ1n) is 6.70. The van der Waals surface area contributed by atoms with Gasteiger partial charge in [0.25, 0.3) is 0 Å². The summed E-state index contributed by atoms with van der Waals surface area (Å²) in [4.78, 5) is 0. The lowest BCUT2D eigenvalue weighted by molar-refractivity contribution is 0.110. The van der Waals surface area contributed by atoms with Crippen molar-refractivity contribution in [2.24, 2.45) is 5.41 Å². The average molecular weight is 251 g/mol. The normalized spacial score (nSPS) is 13.6. The van der Waals surface area contributed by atoms with Gasteiger partial charge in [-0.05, 0) is 25.8 Å². The maximum Gasteiger partial charge on any atom is 0.120 e. The van der Waals surface area contributed by atoms with E-state index in [1.165, 1.54) is 0 Å². The molecule has 0 saturated heterocycles. The minimum Gasteiger partial charge on any atom is -0.508 e. The van der Waals surface area contributed by atoms with Gasteiger partial charge in [-0.1, -0.05) is 32.0 Å². The van der Waals surface area contributed by atoms with E-state index in [0.29, 0.717) is 5.75 Å². The summed E-state index contributed by atoms with van der Waals surface area (Å²) in [7, 11) is 0. The molecule has 102 valence electrons. The number of aliphatic hydroxyl groups is 1. The Hall–Kier alpha value is -1.06. The summed E-state index contributed by atoms with van der Waals surface area (Å²) >= 11 is 0. The number of aliphatic hydroxyl groups excluding tert-OH is 1. The number of para-hydroxylation sites is 1. The molecular weight excluding hydrogens is 226 g/mol. The SMILES string of the molecule is CCC(CC)(CO)CNC(C)c1ccccc1O. The molecule has 0 amide bonds. The second kappa shape index (κ2) is 6.76. The van der Waals surface area contributed by atoms with Crippen LogP contribution in [0.4, 0.5) is 0 Å². The Kier molecular flexibility index (Phi) is 5.63. The molecule has 0 saturated carbocycles. The van der Waals surface area contributed by atoms with Gasteiger partial charge < -0.3 is 15.5 Å². The zero-order valence-corrected chi connectivity index (χ0v) is 11.6. The van der Waals surface area contributed by atoms with Crippen LogP contribution in [0, 0.1) is 5.41 Å². The third-order valence-corrected chi connectivity index (χ3v) is 4.02.